The van der Waals surface area contributed by atoms with Gasteiger partial charge in [-0.1, -0.05) is 13.3 Å². The molecule has 0 spiro atoms. The molecule has 0 fully saturated rings. The van der Waals surface area contributed by atoms with E-state index in [1.165, 1.54) is 0 Å². The number of nitrogens with zero attached hydrogens (tertiary/aromatic N) is 1. The largest absolute Gasteiger partial charge is 0.490 e. The summed E-state index contributed by atoms with van der Waals surface area (Å²) in [5, 5.41) is 0. The highest BCUT2D eigenvalue weighted by Gasteiger charge is 2.18. The molecule has 1 amide bonds. The minimum Gasteiger partial charge on any atom is -0.490 e. The van der Waals surface area contributed by atoms with Gasteiger partial charge >= 0.3 is 0 Å². The van der Waals surface area contributed by atoms with E-state index in [1.54, 1.807) is 13.2 Å². The molecule has 0 saturated carbocycles. The summed E-state index contributed by atoms with van der Waals surface area (Å²) in [5.41, 5.74) is 0.636. The number of benzene rings is 1. The van der Waals surface area contributed by atoms with Crippen LogP contribution >= 0.6 is 0 Å². The van der Waals surface area contributed by atoms with Gasteiger partial charge in [-0.25, -0.2) is 0 Å². The fraction of sp³-hybridized carbons (Fsp3) is 0.588. The van der Waals surface area contributed by atoms with E-state index < -0.39 is 0 Å². The number of rotatable bonds is 7. The fourth-order valence-corrected chi connectivity index (χ4v) is 2.34. The van der Waals surface area contributed by atoms with Crippen molar-refractivity contribution in [2.75, 3.05) is 40.0 Å². The molecule has 1 heterocycles. The first kappa shape index (κ1) is 16.6. The second-order valence-corrected chi connectivity index (χ2v) is 5.35. The zero-order chi connectivity index (χ0) is 15.8. The molecule has 1 aromatic carbocycles. The van der Waals surface area contributed by atoms with Crippen molar-refractivity contribution in [3.8, 4) is 11.5 Å². The van der Waals surface area contributed by atoms with Gasteiger partial charge in [-0.05, 0) is 24.6 Å². The van der Waals surface area contributed by atoms with Crippen molar-refractivity contribution in [3.63, 3.8) is 0 Å². The molecule has 122 valence electrons. The number of hydrogen-bond donors (Lipinski definition) is 0. The highest BCUT2D eigenvalue weighted by atomic mass is 16.5. The Balaban J connectivity index is 2.13. The van der Waals surface area contributed by atoms with Crippen LogP contribution in [0.3, 0.4) is 0 Å². The van der Waals surface area contributed by atoms with E-state index in [-0.39, 0.29) is 5.91 Å². The molecule has 22 heavy (non-hydrogen) atoms. The van der Waals surface area contributed by atoms with Crippen LogP contribution in [0.2, 0.25) is 0 Å². The number of methoxy groups -OCH3 is 1. The molecular weight excluding hydrogens is 282 g/mol. The maximum absolute atomic E-state index is 12.7. The summed E-state index contributed by atoms with van der Waals surface area (Å²) in [7, 11) is 1.65. The Hall–Kier alpha value is -1.75. The smallest absolute Gasteiger partial charge is 0.254 e. The van der Waals surface area contributed by atoms with E-state index in [2.05, 4.69) is 6.92 Å². The number of unbranched alkanes of at least 4 members (excludes halogenated alkanes) is 1. The third kappa shape index (κ3) is 4.37. The lowest BCUT2D eigenvalue weighted by atomic mass is 10.1. The lowest BCUT2D eigenvalue weighted by Crippen LogP contribution is -2.34. The van der Waals surface area contributed by atoms with Crippen LogP contribution in [0, 0.1) is 0 Å². The summed E-state index contributed by atoms with van der Waals surface area (Å²) in [5.74, 6) is 1.39. The van der Waals surface area contributed by atoms with E-state index in [0.29, 0.717) is 43.4 Å². The molecule has 0 N–H and O–H groups in total. The van der Waals surface area contributed by atoms with Gasteiger partial charge in [0.25, 0.3) is 5.91 Å². The molecule has 2 rings (SSSR count). The quantitative estimate of drug-likeness (QED) is 0.777. The van der Waals surface area contributed by atoms with E-state index in [4.69, 9.17) is 14.2 Å². The summed E-state index contributed by atoms with van der Waals surface area (Å²) in [4.78, 5) is 14.5. The maximum Gasteiger partial charge on any atom is 0.254 e. The average Bonchev–Trinajstić information content (AvgIpc) is 2.79. The van der Waals surface area contributed by atoms with Crippen LogP contribution in [0.1, 0.15) is 36.5 Å². The molecule has 0 radical (unpaired) electrons. The first-order chi connectivity index (χ1) is 10.8. The number of fused-ring (bicyclic) bond motifs is 1. The summed E-state index contributed by atoms with van der Waals surface area (Å²) in [6.07, 6.45) is 2.90. The zero-order valence-corrected chi connectivity index (χ0v) is 13.5. The minimum atomic E-state index is 0.0150. The Kier molecular flexibility index (Phi) is 6.52. The third-order valence-electron chi connectivity index (χ3n) is 3.63. The Bertz CT molecular complexity index is 482. The Morgan fingerprint density at radius 2 is 2.00 bits per heavy atom. The van der Waals surface area contributed by atoms with Crippen LogP contribution in [-0.2, 0) is 4.74 Å². The lowest BCUT2D eigenvalue weighted by Gasteiger charge is -2.22. The summed E-state index contributed by atoms with van der Waals surface area (Å²) in [6.45, 7) is 5.27. The Morgan fingerprint density at radius 3 is 2.73 bits per heavy atom. The van der Waals surface area contributed by atoms with Crippen LogP contribution in [0.25, 0.3) is 0 Å². The zero-order valence-electron chi connectivity index (χ0n) is 13.5. The van der Waals surface area contributed by atoms with Crippen molar-refractivity contribution >= 4 is 5.91 Å². The topological polar surface area (TPSA) is 48.0 Å². The van der Waals surface area contributed by atoms with Gasteiger partial charge in [-0.15, -0.1) is 0 Å². The number of amides is 1. The Labute approximate surface area is 132 Å². The number of ether oxygens (including phenoxy) is 3. The van der Waals surface area contributed by atoms with Crippen molar-refractivity contribution in [2.45, 2.75) is 26.2 Å². The molecule has 5 heteroatoms. The minimum absolute atomic E-state index is 0.0150. The fourth-order valence-electron chi connectivity index (χ4n) is 2.34. The molecule has 1 aliphatic rings. The molecular formula is C17H25NO4. The highest BCUT2D eigenvalue weighted by Crippen LogP contribution is 2.30. The van der Waals surface area contributed by atoms with E-state index in [9.17, 15) is 4.79 Å². The van der Waals surface area contributed by atoms with Gasteiger partial charge in [0.1, 0.15) is 0 Å². The molecule has 1 aromatic rings. The molecule has 1 aliphatic heterocycles. The lowest BCUT2D eigenvalue weighted by molar-refractivity contribution is 0.0692. The predicted octanol–water partition coefficient (Wildman–Crippen LogP) is 2.74. The highest BCUT2D eigenvalue weighted by molar-refractivity contribution is 5.95. The van der Waals surface area contributed by atoms with Crippen molar-refractivity contribution in [1.29, 1.82) is 0 Å². The van der Waals surface area contributed by atoms with Crippen LogP contribution in [0.4, 0.5) is 0 Å². The van der Waals surface area contributed by atoms with Gasteiger partial charge in [-0.3, -0.25) is 4.79 Å². The van der Waals surface area contributed by atoms with Crippen molar-refractivity contribution in [2.24, 2.45) is 0 Å². The summed E-state index contributed by atoms with van der Waals surface area (Å²) < 4.78 is 16.4. The van der Waals surface area contributed by atoms with E-state index >= 15 is 0 Å². The van der Waals surface area contributed by atoms with Gasteiger partial charge in [0.05, 0.1) is 19.8 Å². The first-order valence-corrected chi connectivity index (χ1v) is 7.94. The second-order valence-electron chi connectivity index (χ2n) is 5.35. The van der Waals surface area contributed by atoms with Gasteiger partial charge < -0.3 is 19.1 Å². The van der Waals surface area contributed by atoms with Gasteiger partial charge in [-0.2, -0.15) is 0 Å². The molecule has 0 aliphatic carbocycles. The van der Waals surface area contributed by atoms with Gasteiger partial charge in [0.15, 0.2) is 11.5 Å². The second kappa shape index (κ2) is 8.63. The van der Waals surface area contributed by atoms with Crippen LogP contribution < -0.4 is 9.47 Å². The Morgan fingerprint density at radius 1 is 1.23 bits per heavy atom. The molecule has 0 aromatic heterocycles. The first-order valence-electron chi connectivity index (χ1n) is 7.94. The van der Waals surface area contributed by atoms with Crippen LogP contribution in [0.5, 0.6) is 11.5 Å². The van der Waals surface area contributed by atoms with Crippen LogP contribution in [0.15, 0.2) is 18.2 Å². The molecule has 0 bridgehead atoms. The van der Waals surface area contributed by atoms with Crippen molar-refractivity contribution in [1.82, 2.24) is 4.90 Å². The number of carbonyl (C=O) groups is 1. The standard InChI is InChI=1S/C17H25NO4/c1-3-4-8-18(9-12-20-2)17(19)14-6-7-15-16(13-14)22-11-5-10-21-15/h6-7,13H,3-5,8-12H2,1-2H3. The molecule has 0 atom stereocenters. The molecule has 5 nitrogen and oxygen atoms in total. The predicted molar refractivity (Wildman–Crippen MR) is 84.7 cm³/mol. The van der Waals surface area contributed by atoms with Crippen molar-refractivity contribution < 1.29 is 19.0 Å². The van der Waals surface area contributed by atoms with E-state index in [0.717, 1.165) is 25.8 Å². The summed E-state index contributed by atoms with van der Waals surface area (Å²) in [6, 6.07) is 5.42. The molecule has 0 saturated heterocycles. The number of carbonyl (C=O) groups excluding carboxylic acids is 1. The van der Waals surface area contributed by atoms with E-state index in [1.807, 2.05) is 17.0 Å². The normalized spacial score (nSPS) is 13.5. The third-order valence-corrected chi connectivity index (χ3v) is 3.63. The van der Waals surface area contributed by atoms with Crippen LogP contribution in [-0.4, -0.2) is 50.8 Å². The summed E-state index contributed by atoms with van der Waals surface area (Å²) >= 11 is 0. The average molecular weight is 307 g/mol. The SMILES string of the molecule is CCCCN(CCOC)C(=O)c1ccc2c(c1)OCCCO2. The monoisotopic (exact) mass is 307 g/mol. The number of hydrogen-bond acceptors (Lipinski definition) is 4. The maximum atomic E-state index is 12.7. The molecule has 0 unspecified atom stereocenters. The van der Waals surface area contributed by atoms with Crippen molar-refractivity contribution in [3.05, 3.63) is 23.8 Å². The van der Waals surface area contributed by atoms with Gasteiger partial charge in [0.2, 0.25) is 0 Å². The van der Waals surface area contributed by atoms with Gasteiger partial charge in [0, 0.05) is 32.2 Å².